The average Bonchev–Trinajstić information content (AvgIpc) is 3.69. The molecule has 2 unspecified atom stereocenters. The number of benzene rings is 1. The molecular weight excluding hydrogens is 480 g/mol. The molecule has 2 atom stereocenters. The van der Waals surface area contributed by atoms with Gasteiger partial charge in [0.1, 0.15) is 28.7 Å². The van der Waals surface area contributed by atoms with Gasteiger partial charge in [-0.15, -0.1) is 0 Å². The number of rotatable bonds is 6. The second kappa shape index (κ2) is 9.24. The molecule has 194 valence electrons. The summed E-state index contributed by atoms with van der Waals surface area (Å²) in [6.07, 6.45) is 10.4. The molecule has 3 aromatic heterocycles. The Morgan fingerprint density at radius 2 is 1.87 bits per heavy atom. The number of nitrogens with one attached hydrogen (secondary N) is 1. The van der Waals surface area contributed by atoms with Crippen LogP contribution in [0.4, 0.5) is 11.6 Å². The number of nitrogens with two attached hydrogens (primary N) is 1. The van der Waals surface area contributed by atoms with E-state index in [9.17, 15) is 14.7 Å². The largest absolute Gasteiger partial charge is 0.481 e. The number of carboxylic acid groups (broad SMARTS) is 1. The van der Waals surface area contributed by atoms with Crippen molar-refractivity contribution in [1.29, 1.82) is 0 Å². The van der Waals surface area contributed by atoms with Crippen molar-refractivity contribution in [2.75, 3.05) is 11.1 Å². The van der Waals surface area contributed by atoms with E-state index < -0.39 is 11.4 Å². The molecule has 2 aliphatic rings. The van der Waals surface area contributed by atoms with Gasteiger partial charge in [-0.05, 0) is 74.8 Å². The Kier molecular flexibility index (Phi) is 5.86. The van der Waals surface area contributed by atoms with E-state index in [-0.39, 0.29) is 11.8 Å². The van der Waals surface area contributed by atoms with Gasteiger partial charge in [-0.3, -0.25) is 14.0 Å². The number of pyridine rings is 1. The summed E-state index contributed by atoms with van der Waals surface area (Å²) >= 11 is 0. The first-order valence-corrected chi connectivity index (χ1v) is 13.1. The summed E-state index contributed by atoms with van der Waals surface area (Å²) in [4.78, 5) is 38.4. The van der Waals surface area contributed by atoms with Gasteiger partial charge in [-0.25, -0.2) is 15.0 Å². The highest BCUT2D eigenvalue weighted by Gasteiger charge is 2.40. The third-order valence-corrected chi connectivity index (χ3v) is 7.96. The van der Waals surface area contributed by atoms with E-state index in [0.29, 0.717) is 47.2 Å². The van der Waals surface area contributed by atoms with Gasteiger partial charge in [0.25, 0.3) is 5.91 Å². The standard InChI is InChI=1S/C29H30N6O3/c1-29(28(37)38)11-2-3-21(16-29)26-34-23(24-25(30)32-13-14-35(24)26)18-6-8-19(9-7-18)27(36)33-22-15-20(10-12-31-22)17-4-5-17/h6-10,12-15,17,21H,2-5,11,16H2,1H3,(H2,30,32)(H,37,38)(H,31,33,36). The predicted octanol–water partition coefficient (Wildman–Crippen LogP) is 5.25. The molecule has 4 aromatic rings. The van der Waals surface area contributed by atoms with Crippen LogP contribution < -0.4 is 11.1 Å². The lowest BCUT2D eigenvalue weighted by Crippen LogP contribution is -2.33. The van der Waals surface area contributed by atoms with Crippen molar-refractivity contribution in [2.45, 2.75) is 57.3 Å². The van der Waals surface area contributed by atoms with Crippen LogP contribution in [0.1, 0.15) is 79.0 Å². The van der Waals surface area contributed by atoms with Gasteiger partial charge in [0.05, 0.1) is 5.41 Å². The zero-order chi connectivity index (χ0) is 26.4. The van der Waals surface area contributed by atoms with Crippen molar-refractivity contribution >= 4 is 29.0 Å². The van der Waals surface area contributed by atoms with Crippen molar-refractivity contribution in [2.24, 2.45) is 5.41 Å². The maximum absolute atomic E-state index is 12.9. The molecule has 0 bridgehead atoms. The van der Waals surface area contributed by atoms with E-state index in [1.54, 1.807) is 24.5 Å². The fourth-order valence-electron chi connectivity index (χ4n) is 5.63. The number of carboxylic acids is 1. The molecule has 0 saturated heterocycles. The number of imidazole rings is 1. The molecule has 0 radical (unpaired) electrons. The van der Waals surface area contributed by atoms with Crippen LogP contribution in [-0.2, 0) is 4.79 Å². The number of aliphatic carboxylic acids is 1. The Balaban J connectivity index is 1.29. The molecule has 1 aromatic carbocycles. The molecule has 1 amide bonds. The van der Waals surface area contributed by atoms with Crippen LogP contribution in [-0.4, -0.2) is 36.3 Å². The summed E-state index contributed by atoms with van der Waals surface area (Å²) in [5.74, 6) is 1.25. The van der Waals surface area contributed by atoms with Gasteiger partial charge >= 0.3 is 5.97 Å². The van der Waals surface area contributed by atoms with Crippen molar-refractivity contribution in [1.82, 2.24) is 19.4 Å². The van der Waals surface area contributed by atoms with Gasteiger partial charge in [-0.1, -0.05) is 18.6 Å². The fourth-order valence-corrected chi connectivity index (χ4v) is 5.63. The topological polar surface area (TPSA) is 135 Å². The minimum absolute atomic E-state index is 0.0168. The lowest BCUT2D eigenvalue weighted by molar-refractivity contribution is -0.150. The Hall–Kier alpha value is -4.27. The number of aromatic nitrogens is 4. The summed E-state index contributed by atoms with van der Waals surface area (Å²) in [5.41, 5.74) is 9.39. The zero-order valence-corrected chi connectivity index (χ0v) is 21.2. The second-order valence-corrected chi connectivity index (χ2v) is 10.8. The highest BCUT2D eigenvalue weighted by atomic mass is 16.4. The molecule has 0 spiro atoms. The number of nitrogens with zero attached hydrogens (tertiary/aromatic N) is 4. The van der Waals surface area contributed by atoms with Crippen molar-refractivity contribution in [3.63, 3.8) is 0 Å². The van der Waals surface area contributed by atoms with E-state index in [1.807, 2.05) is 41.8 Å². The van der Waals surface area contributed by atoms with Crippen LogP contribution in [0.3, 0.4) is 0 Å². The Labute approximate surface area is 220 Å². The minimum Gasteiger partial charge on any atom is -0.481 e. The smallest absolute Gasteiger partial charge is 0.309 e. The monoisotopic (exact) mass is 510 g/mol. The summed E-state index contributed by atoms with van der Waals surface area (Å²) in [6.45, 7) is 1.82. The van der Waals surface area contributed by atoms with Crippen molar-refractivity contribution in [3.05, 3.63) is 71.9 Å². The molecule has 2 saturated carbocycles. The first-order chi connectivity index (χ1) is 18.3. The van der Waals surface area contributed by atoms with Crippen LogP contribution in [0.2, 0.25) is 0 Å². The maximum atomic E-state index is 12.9. The van der Waals surface area contributed by atoms with Gasteiger partial charge in [-0.2, -0.15) is 0 Å². The number of carbonyl (C=O) groups is 2. The summed E-state index contributed by atoms with van der Waals surface area (Å²) in [5, 5.41) is 12.7. The molecule has 0 aliphatic heterocycles. The summed E-state index contributed by atoms with van der Waals surface area (Å²) in [7, 11) is 0. The summed E-state index contributed by atoms with van der Waals surface area (Å²) in [6, 6.07) is 11.2. The van der Waals surface area contributed by atoms with E-state index in [0.717, 1.165) is 24.2 Å². The third kappa shape index (κ3) is 4.38. The number of hydrogen-bond acceptors (Lipinski definition) is 6. The van der Waals surface area contributed by atoms with Crippen LogP contribution in [0.5, 0.6) is 0 Å². The molecule has 6 rings (SSSR count). The predicted molar refractivity (Wildman–Crippen MR) is 144 cm³/mol. The Bertz CT molecular complexity index is 1540. The first-order valence-electron chi connectivity index (χ1n) is 13.1. The van der Waals surface area contributed by atoms with Crippen LogP contribution >= 0.6 is 0 Å². The highest BCUT2D eigenvalue weighted by Crippen LogP contribution is 2.45. The molecule has 2 fully saturated rings. The zero-order valence-electron chi connectivity index (χ0n) is 21.2. The van der Waals surface area contributed by atoms with Crippen LogP contribution in [0, 0.1) is 5.41 Å². The minimum atomic E-state index is -0.782. The Morgan fingerprint density at radius 1 is 1.08 bits per heavy atom. The first kappa shape index (κ1) is 24.1. The third-order valence-electron chi connectivity index (χ3n) is 7.96. The number of carbonyl (C=O) groups excluding carboxylic acids is 1. The second-order valence-electron chi connectivity index (χ2n) is 10.8. The molecule has 3 heterocycles. The molecule has 2 aliphatic carbocycles. The van der Waals surface area contributed by atoms with E-state index in [2.05, 4.69) is 15.3 Å². The summed E-state index contributed by atoms with van der Waals surface area (Å²) < 4.78 is 1.94. The lowest BCUT2D eigenvalue weighted by atomic mass is 9.70. The molecular formula is C29H30N6O3. The normalized spacial score (nSPS) is 21.3. The number of amides is 1. The fraction of sp³-hybridized carbons (Fsp3) is 0.345. The van der Waals surface area contributed by atoms with Gasteiger partial charge in [0.2, 0.25) is 0 Å². The SMILES string of the molecule is CC1(C(=O)O)CCCC(c2nc(-c3ccc(C(=O)Nc4cc(C5CC5)ccn4)cc3)c3c(N)nccn23)C1. The molecule has 9 heteroatoms. The lowest BCUT2D eigenvalue weighted by Gasteiger charge is -2.34. The van der Waals surface area contributed by atoms with E-state index in [4.69, 9.17) is 10.7 Å². The number of hydrogen-bond donors (Lipinski definition) is 3. The van der Waals surface area contributed by atoms with E-state index in [1.165, 1.54) is 18.4 Å². The maximum Gasteiger partial charge on any atom is 0.309 e. The Morgan fingerprint density at radius 3 is 2.61 bits per heavy atom. The highest BCUT2D eigenvalue weighted by molar-refractivity contribution is 6.04. The van der Waals surface area contributed by atoms with Gasteiger partial charge in [0.15, 0.2) is 0 Å². The number of anilines is 2. The van der Waals surface area contributed by atoms with E-state index >= 15 is 0 Å². The molecule has 9 nitrogen and oxygen atoms in total. The van der Waals surface area contributed by atoms with Crippen LogP contribution in [0.15, 0.2) is 55.0 Å². The van der Waals surface area contributed by atoms with Gasteiger partial charge < -0.3 is 16.2 Å². The van der Waals surface area contributed by atoms with Crippen molar-refractivity contribution < 1.29 is 14.7 Å². The van der Waals surface area contributed by atoms with Crippen LogP contribution in [0.25, 0.3) is 16.8 Å². The van der Waals surface area contributed by atoms with Gasteiger partial charge in [0, 0.05) is 35.6 Å². The van der Waals surface area contributed by atoms with Crippen molar-refractivity contribution in [3.8, 4) is 11.3 Å². The number of nitrogen functional groups attached to an aromatic ring is 1. The number of fused-ring (bicyclic) bond motifs is 1. The molecule has 38 heavy (non-hydrogen) atoms. The quantitative estimate of drug-likeness (QED) is 0.322. The molecule has 4 N–H and O–H groups in total. The average molecular weight is 511 g/mol.